The van der Waals surface area contributed by atoms with Gasteiger partial charge in [-0.3, -0.25) is 4.79 Å². The van der Waals surface area contributed by atoms with Crippen LogP contribution in [0.3, 0.4) is 0 Å². The summed E-state index contributed by atoms with van der Waals surface area (Å²) in [5.74, 6) is 6.00. The second kappa shape index (κ2) is 19.3. The molecule has 6 rings (SSSR count). The second-order valence-corrected chi connectivity index (χ2v) is 17.3. The fourth-order valence-electron chi connectivity index (χ4n) is 12.3. The number of Topliss-reactive ketones (excluding diaryl/α,β-unsaturated/α-hetero) is 1. The SMILES string of the molecule is CC.CC.CC.CC/C(C)=C/CCC(C)C1CCC2C3CCC4C(C)(CCC5C(C(=O)c6cc(N)cc(N)c6)C54C)C3CCC12C.CC=C(C)C. The third kappa shape index (κ3) is 9.03. The van der Waals surface area contributed by atoms with E-state index in [2.05, 4.69) is 67.5 Å². The van der Waals surface area contributed by atoms with Crippen LogP contribution in [-0.2, 0) is 0 Å². The van der Waals surface area contributed by atoms with Crippen molar-refractivity contribution in [1.82, 2.24) is 0 Å². The summed E-state index contributed by atoms with van der Waals surface area (Å²) in [6.45, 7) is 33.2. The quantitative estimate of drug-likeness (QED) is 0.169. The highest BCUT2D eigenvalue weighted by Gasteiger charge is 2.74. The van der Waals surface area contributed by atoms with Crippen molar-refractivity contribution < 1.29 is 4.79 Å². The van der Waals surface area contributed by atoms with Gasteiger partial charge in [0.2, 0.25) is 0 Å². The normalized spacial score (nSPS) is 36.1. The van der Waals surface area contributed by atoms with E-state index in [1.54, 1.807) is 11.6 Å². The first-order valence-corrected chi connectivity index (χ1v) is 21.7. The van der Waals surface area contributed by atoms with Crippen molar-refractivity contribution in [3.8, 4) is 0 Å². The molecule has 0 spiro atoms. The molecule has 11 atom stereocenters. The molecule has 0 amide bonds. The summed E-state index contributed by atoms with van der Waals surface area (Å²) in [7, 11) is 0. The molecule has 1 aromatic carbocycles. The highest BCUT2D eigenvalue weighted by molar-refractivity contribution is 6.02. The minimum absolute atomic E-state index is 0.145. The lowest BCUT2D eigenvalue weighted by molar-refractivity contribution is -0.131. The van der Waals surface area contributed by atoms with Crippen LogP contribution >= 0.6 is 0 Å². The third-order valence-electron chi connectivity index (χ3n) is 14.9. The molecule has 4 N–H and O–H groups in total. The van der Waals surface area contributed by atoms with Crippen molar-refractivity contribution in [2.75, 3.05) is 11.5 Å². The van der Waals surface area contributed by atoms with E-state index >= 15 is 0 Å². The number of nitrogens with two attached hydrogens (primary N) is 2. The summed E-state index contributed by atoms with van der Waals surface area (Å²) in [5, 5.41) is 0. The van der Waals surface area contributed by atoms with Crippen LogP contribution in [0.1, 0.15) is 185 Å². The smallest absolute Gasteiger partial charge is 0.166 e. The summed E-state index contributed by atoms with van der Waals surface area (Å²) < 4.78 is 0. The summed E-state index contributed by atoms with van der Waals surface area (Å²) >= 11 is 0. The van der Waals surface area contributed by atoms with Crippen molar-refractivity contribution in [2.24, 2.45) is 63.6 Å². The van der Waals surface area contributed by atoms with Crippen LogP contribution in [0.5, 0.6) is 0 Å². The molecule has 5 saturated carbocycles. The van der Waals surface area contributed by atoms with Crippen LogP contribution in [0.4, 0.5) is 11.4 Å². The van der Waals surface area contributed by atoms with Crippen LogP contribution in [-0.4, -0.2) is 5.78 Å². The third-order valence-corrected chi connectivity index (χ3v) is 14.9. The molecule has 1 aromatic rings. The largest absolute Gasteiger partial charge is 0.399 e. The Balaban J connectivity index is 0.000000735. The number of benzene rings is 1. The predicted molar refractivity (Wildman–Crippen MR) is 227 cm³/mol. The Kier molecular flexibility index (Phi) is 17.1. The Morgan fingerprint density at radius 2 is 1.33 bits per heavy atom. The maximum Gasteiger partial charge on any atom is 0.166 e. The lowest BCUT2D eigenvalue weighted by Crippen LogP contribution is -2.55. The number of fused-ring (bicyclic) bond motifs is 7. The summed E-state index contributed by atoms with van der Waals surface area (Å²) in [6.07, 6.45) is 19.3. The highest BCUT2D eigenvalue weighted by atomic mass is 16.1. The Morgan fingerprint density at radius 3 is 1.88 bits per heavy atom. The fourth-order valence-corrected chi connectivity index (χ4v) is 12.3. The van der Waals surface area contributed by atoms with E-state index in [-0.39, 0.29) is 11.3 Å². The molecule has 0 bridgehead atoms. The number of carbonyl (C=O) groups is 1. The first-order valence-electron chi connectivity index (χ1n) is 21.7. The molecule has 0 radical (unpaired) electrons. The van der Waals surface area contributed by atoms with Gasteiger partial charge in [-0.15, -0.1) is 0 Å². The van der Waals surface area contributed by atoms with Gasteiger partial charge in [0.05, 0.1) is 0 Å². The van der Waals surface area contributed by atoms with Gasteiger partial charge in [0.1, 0.15) is 0 Å². The summed E-state index contributed by atoms with van der Waals surface area (Å²) in [6, 6.07) is 5.46. The first-order chi connectivity index (χ1) is 24.2. The molecule has 5 aliphatic rings. The van der Waals surface area contributed by atoms with E-state index in [4.69, 9.17) is 11.5 Å². The van der Waals surface area contributed by atoms with E-state index in [0.29, 0.717) is 39.8 Å². The van der Waals surface area contributed by atoms with Gasteiger partial charge in [0.25, 0.3) is 0 Å². The van der Waals surface area contributed by atoms with E-state index in [0.717, 1.165) is 35.2 Å². The number of hydrogen-bond acceptors (Lipinski definition) is 3. The van der Waals surface area contributed by atoms with Crippen molar-refractivity contribution in [1.29, 1.82) is 0 Å². The molecule has 5 aliphatic carbocycles. The van der Waals surface area contributed by atoms with Gasteiger partial charge in [-0.1, -0.05) is 99.5 Å². The molecule has 3 nitrogen and oxygen atoms in total. The molecule has 51 heavy (non-hydrogen) atoms. The Bertz CT molecular complexity index is 1290. The molecule has 0 saturated heterocycles. The van der Waals surface area contributed by atoms with Gasteiger partial charge in [0.15, 0.2) is 5.78 Å². The van der Waals surface area contributed by atoms with E-state index in [1.807, 2.05) is 60.6 Å². The maximum atomic E-state index is 13.9. The monoisotopic (exact) mass is 705 g/mol. The van der Waals surface area contributed by atoms with Crippen LogP contribution in [0.15, 0.2) is 41.5 Å². The predicted octanol–water partition coefficient (Wildman–Crippen LogP) is 14.4. The zero-order valence-electron chi connectivity index (χ0n) is 36.3. The Morgan fingerprint density at radius 1 is 0.804 bits per heavy atom. The van der Waals surface area contributed by atoms with E-state index in [1.165, 1.54) is 76.2 Å². The number of anilines is 2. The van der Waals surface area contributed by atoms with E-state index < -0.39 is 0 Å². The van der Waals surface area contributed by atoms with Gasteiger partial charge < -0.3 is 11.5 Å². The standard InChI is InChI=1S/C37H56N2O.C5H10.3C2H6/c1-7-22(2)9-8-10-23(3)28-12-13-29-27-11-14-32-36(5,30(27)15-17-35(28,29)4)18-16-31-33(37(31,32)6)34(40)24-19-25(38)21-26(39)20-24;1-4-5(2)3;3*1-2/h9,19-21,23,27-33H,7-8,10-18,38-39H2,1-6H3;4H,1-3H3;3*1-2H3/b22-9+;;;;. The minimum Gasteiger partial charge on any atom is -0.399 e. The molecule has 11 unspecified atom stereocenters. The molecule has 0 aromatic heterocycles. The number of allylic oxidation sites excluding steroid dienone is 4. The lowest BCUT2D eigenvalue weighted by Gasteiger charge is -2.62. The summed E-state index contributed by atoms with van der Waals surface area (Å²) in [5.41, 5.74) is 18.1. The van der Waals surface area contributed by atoms with Crippen molar-refractivity contribution in [3.05, 3.63) is 47.1 Å². The maximum absolute atomic E-state index is 13.9. The minimum atomic E-state index is 0.145. The zero-order chi connectivity index (χ0) is 38.9. The summed E-state index contributed by atoms with van der Waals surface area (Å²) in [4.78, 5) is 13.9. The molecule has 3 heteroatoms. The number of hydrogen-bond donors (Lipinski definition) is 2. The molecule has 5 fully saturated rings. The molecular weight excluding hydrogens is 621 g/mol. The second-order valence-electron chi connectivity index (χ2n) is 17.3. The van der Waals surface area contributed by atoms with Gasteiger partial charge in [0, 0.05) is 22.9 Å². The zero-order valence-corrected chi connectivity index (χ0v) is 36.3. The highest BCUT2D eigenvalue weighted by Crippen LogP contribution is 2.79. The number of ketones is 1. The van der Waals surface area contributed by atoms with Crippen LogP contribution < -0.4 is 11.5 Å². The van der Waals surface area contributed by atoms with Gasteiger partial charge in [-0.2, -0.15) is 0 Å². The Labute approximate surface area is 317 Å². The lowest BCUT2D eigenvalue weighted by atomic mass is 9.43. The molecule has 0 aliphatic heterocycles. The average Bonchev–Trinajstić information content (AvgIpc) is 3.58. The number of nitrogen functional groups attached to an aromatic ring is 2. The fraction of sp³-hybridized carbons (Fsp3) is 0.771. The first kappa shape index (κ1) is 45.1. The average molecular weight is 705 g/mol. The number of rotatable bonds is 7. The van der Waals surface area contributed by atoms with Gasteiger partial charge in [-0.05, 0) is 174 Å². The van der Waals surface area contributed by atoms with Crippen LogP contribution in [0, 0.1) is 63.6 Å². The molecule has 292 valence electrons. The van der Waals surface area contributed by atoms with E-state index in [9.17, 15) is 4.79 Å². The topological polar surface area (TPSA) is 69.1 Å². The Hall–Kier alpha value is -2.03. The molecule has 0 heterocycles. The van der Waals surface area contributed by atoms with Crippen molar-refractivity contribution in [2.45, 2.75) is 174 Å². The van der Waals surface area contributed by atoms with Crippen LogP contribution in [0.25, 0.3) is 0 Å². The van der Waals surface area contributed by atoms with Crippen LogP contribution in [0.2, 0.25) is 0 Å². The van der Waals surface area contributed by atoms with Crippen molar-refractivity contribution in [3.63, 3.8) is 0 Å². The van der Waals surface area contributed by atoms with Gasteiger partial charge >= 0.3 is 0 Å². The van der Waals surface area contributed by atoms with Gasteiger partial charge in [-0.25, -0.2) is 0 Å². The van der Waals surface area contributed by atoms with Crippen molar-refractivity contribution >= 4 is 17.2 Å². The molecular formula is C48H84N2O. The number of carbonyl (C=O) groups excluding carboxylic acids is 1.